The lowest BCUT2D eigenvalue weighted by Gasteiger charge is -2.30. The van der Waals surface area contributed by atoms with Crippen LogP contribution in [0, 0.1) is 5.82 Å². The molecule has 0 spiro atoms. The van der Waals surface area contributed by atoms with Crippen molar-refractivity contribution in [2.75, 3.05) is 5.75 Å². The number of carbonyl (C=O) groups excluding carboxylic acids is 1. The van der Waals surface area contributed by atoms with Crippen molar-refractivity contribution in [2.24, 2.45) is 0 Å². The first kappa shape index (κ1) is 22.0. The number of sulfonamides is 1. The summed E-state index contributed by atoms with van der Waals surface area (Å²) in [5.41, 5.74) is 1.48. The number of carbonyl (C=O) groups is 1. The molecular formula is C20H17F3N4O4S. The number of hydrazine groups is 1. The monoisotopic (exact) mass is 466 g/mol. The second-order valence-electron chi connectivity index (χ2n) is 6.99. The van der Waals surface area contributed by atoms with Crippen LogP contribution in [0.15, 0.2) is 46.9 Å². The summed E-state index contributed by atoms with van der Waals surface area (Å²) in [6, 6.07) is 9.79. The van der Waals surface area contributed by atoms with E-state index in [1.54, 1.807) is 6.07 Å². The van der Waals surface area contributed by atoms with Gasteiger partial charge in [-0.15, -0.1) is 14.6 Å². The Kier molecular flexibility index (Phi) is 5.73. The van der Waals surface area contributed by atoms with Gasteiger partial charge in [0.25, 0.3) is 11.8 Å². The van der Waals surface area contributed by atoms with Gasteiger partial charge in [-0.3, -0.25) is 9.80 Å². The van der Waals surface area contributed by atoms with Crippen LogP contribution in [-0.4, -0.2) is 39.7 Å². The Hall–Kier alpha value is -3.25. The zero-order chi connectivity index (χ0) is 23.0. The molecule has 168 valence electrons. The van der Waals surface area contributed by atoms with E-state index in [9.17, 15) is 26.4 Å². The number of alkyl halides is 2. The highest BCUT2D eigenvalue weighted by Gasteiger charge is 2.37. The van der Waals surface area contributed by atoms with Crippen LogP contribution in [0.5, 0.6) is 0 Å². The molecule has 1 aromatic heterocycles. The molecule has 0 radical (unpaired) electrons. The number of aromatic nitrogens is 2. The predicted molar refractivity (Wildman–Crippen MR) is 106 cm³/mol. The third-order valence-electron chi connectivity index (χ3n) is 4.96. The fourth-order valence-corrected chi connectivity index (χ4v) is 4.34. The summed E-state index contributed by atoms with van der Waals surface area (Å²) in [5.74, 6) is -2.33. The van der Waals surface area contributed by atoms with Crippen LogP contribution in [0.3, 0.4) is 0 Å². The molecule has 1 aliphatic rings. The second-order valence-corrected chi connectivity index (χ2v) is 9.15. The topological polar surface area (TPSA) is 96.6 Å². The van der Waals surface area contributed by atoms with Gasteiger partial charge in [0.1, 0.15) is 5.82 Å². The number of halogens is 3. The Balaban J connectivity index is 1.65. The van der Waals surface area contributed by atoms with Gasteiger partial charge in [0, 0.05) is 11.1 Å². The fourth-order valence-electron chi connectivity index (χ4n) is 3.27. The van der Waals surface area contributed by atoms with E-state index in [0.29, 0.717) is 11.1 Å². The first-order chi connectivity index (χ1) is 15.2. The van der Waals surface area contributed by atoms with Gasteiger partial charge in [-0.1, -0.05) is 18.2 Å². The summed E-state index contributed by atoms with van der Waals surface area (Å²) in [6.45, 7) is 1.28. The van der Waals surface area contributed by atoms with E-state index in [4.69, 9.17) is 4.42 Å². The molecule has 0 saturated heterocycles. The van der Waals surface area contributed by atoms with Crippen molar-refractivity contribution in [3.8, 4) is 11.5 Å². The van der Waals surface area contributed by atoms with Crippen LogP contribution in [0.2, 0.25) is 0 Å². The zero-order valence-electron chi connectivity index (χ0n) is 16.7. The molecule has 32 heavy (non-hydrogen) atoms. The first-order valence-corrected chi connectivity index (χ1v) is 11.1. The molecule has 3 aromatic rings. The molecule has 0 bridgehead atoms. The Morgan fingerprint density at radius 3 is 2.50 bits per heavy atom. The molecule has 0 atom stereocenters. The van der Waals surface area contributed by atoms with E-state index in [-0.39, 0.29) is 35.9 Å². The molecule has 4 rings (SSSR count). The normalized spacial score (nSPS) is 13.9. The summed E-state index contributed by atoms with van der Waals surface area (Å²) in [7, 11) is -3.85. The van der Waals surface area contributed by atoms with Gasteiger partial charge < -0.3 is 4.42 Å². The van der Waals surface area contributed by atoms with E-state index in [1.165, 1.54) is 43.3 Å². The Morgan fingerprint density at radius 1 is 1.16 bits per heavy atom. The smallest absolute Gasteiger partial charge is 0.314 e. The van der Waals surface area contributed by atoms with Crippen LogP contribution in [0.1, 0.15) is 40.7 Å². The van der Waals surface area contributed by atoms with Crippen molar-refractivity contribution < 1.29 is 30.8 Å². The predicted octanol–water partition coefficient (Wildman–Crippen LogP) is 3.54. The fraction of sp³-hybridized carbons (Fsp3) is 0.250. The molecule has 2 aromatic carbocycles. The highest BCUT2D eigenvalue weighted by atomic mass is 32.2. The molecule has 1 aliphatic heterocycles. The highest BCUT2D eigenvalue weighted by molar-refractivity contribution is 7.88. The lowest BCUT2D eigenvalue weighted by Crippen LogP contribution is -2.46. The van der Waals surface area contributed by atoms with Crippen LogP contribution < -0.4 is 0 Å². The number of benzene rings is 2. The van der Waals surface area contributed by atoms with Gasteiger partial charge in [-0.25, -0.2) is 12.8 Å². The Labute approximate surface area is 181 Å². The number of nitrogens with zero attached hydrogens (tertiary/aromatic N) is 4. The third kappa shape index (κ3) is 4.10. The van der Waals surface area contributed by atoms with Gasteiger partial charge in [0.2, 0.25) is 15.9 Å². The zero-order valence-corrected chi connectivity index (χ0v) is 17.5. The minimum absolute atomic E-state index is 0.0129. The number of hydrogen-bond acceptors (Lipinski definition) is 6. The molecule has 8 nitrogen and oxygen atoms in total. The van der Waals surface area contributed by atoms with Gasteiger partial charge in [0.05, 0.1) is 18.8 Å². The van der Waals surface area contributed by atoms with E-state index in [0.717, 1.165) is 9.42 Å². The molecule has 0 saturated carbocycles. The largest absolute Gasteiger partial charge is 0.415 e. The van der Waals surface area contributed by atoms with Gasteiger partial charge in [-0.2, -0.15) is 8.78 Å². The summed E-state index contributed by atoms with van der Waals surface area (Å²) < 4.78 is 70.1. The molecule has 0 unspecified atom stereocenters. The maximum absolute atomic E-state index is 13.2. The quantitative estimate of drug-likeness (QED) is 0.529. The van der Waals surface area contributed by atoms with Crippen LogP contribution in [0.25, 0.3) is 11.5 Å². The van der Waals surface area contributed by atoms with E-state index < -0.39 is 34.1 Å². The lowest BCUT2D eigenvalue weighted by molar-refractivity contribution is 0.0346. The molecule has 2 heterocycles. The first-order valence-electron chi connectivity index (χ1n) is 9.51. The van der Waals surface area contributed by atoms with E-state index >= 15 is 0 Å². The molecule has 0 fully saturated rings. The van der Waals surface area contributed by atoms with Crippen molar-refractivity contribution in [1.82, 2.24) is 19.6 Å². The van der Waals surface area contributed by atoms with Crippen LogP contribution in [-0.2, 0) is 23.1 Å². The summed E-state index contributed by atoms with van der Waals surface area (Å²) in [5, 5.41) is 7.93. The third-order valence-corrected chi connectivity index (χ3v) is 6.65. The minimum atomic E-state index is -3.85. The summed E-state index contributed by atoms with van der Waals surface area (Å²) in [6.07, 6.45) is -2.93. The van der Waals surface area contributed by atoms with Gasteiger partial charge in [0.15, 0.2) is 0 Å². The SMILES string of the molecule is CCS(=O)(=O)N(Cc1ccc(F)cc1)N1Cc2ccc(-c3nnc(C(F)F)o3)cc2C1=O. The minimum Gasteiger partial charge on any atom is -0.415 e. The van der Waals surface area contributed by atoms with Crippen molar-refractivity contribution in [3.63, 3.8) is 0 Å². The van der Waals surface area contributed by atoms with Gasteiger partial charge in [-0.05, 0) is 42.3 Å². The maximum Gasteiger partial charge on any atom is 0.314 e. The summed E-state index contributed by atoms with van der Waals surface area (Å²) in [4.78, 5) is 13.1. The van der Waals surface area contributed by atoms with Gasteiger partial charge >= 0.3 is 6.43 Å². The van der Waals surface area contributed by atoms with Crippen molar-refractivity contribution in [2.45, 2.75) is 26.4 Å². The standard InChI is InChI=1S/C20H17F3N4O4S/c1-2-32(29,30)27(10-12-3-7-15(21)8-4-12)26-11-14-6-5-13(9-16(14)20(26)28)18-24-25-19(31-18)17(22)23/h3-9,17H,2,10-11H2,1H3. The Bertz CT molecular complexity index is 1260. The molecular weight excluding hydrogens is 449 g/mol. The van der Waals surface area contributed by atoms with E-state index in [1.807, 2.05) is 0 Å². The second kappa shape index (κ2) is 8.36. The highest BCUT2D eigenvalue weighted by Crippen LogP contribution is 2.31. The van der Waals surface area contributed by atoms with Crippen molar-refractivity contribution in [1.29, 1.82) is 0 Å². The van der Waals surface area contributed by atoms with Crippen molar-refractivity contribution >= 4 is 15.9 Å². The average Bonchev–Trinajstić information content (AvgIpc) is 3.38. The number of fused-ring (bicyclic) bond motifs is 1. The molecule has 12 heteroatoms. The number of amides is 1. The number of hydrogen-bond donors (Lipinski definition) is 0. The summed E-state index contributed by atoms with van der Waals surface area (Å²) >= 11 is 0. The Morgan fingerprint density at radius 2 is 1.88 bits per heavy atom. The van der Waals surface area contributed by atoms with Crippen LogP contribution in [0.4, 0.5) is 13.2 Å². The van der Waals surface area contributed by atoms with Crippen LogP contribution >= 0.6 is 0 Å². The number of rotatable bonds is 7. The van der Waals surface area contributed by atoms with Crippen molar-refractivity contribution in [3.05, 3.63) is 70.9 Å². The average molecular weight is 466 g/mol. The lowest BCUT2D eigenvalue weighted by atomic mass is 10.1. The van der Waals surface area contributed by atoms with E-state index in [2.05, 4.69) is 10.2 Å². The molecule has 0 N–H and O–H groups in total. The molecule has 0 aliphatic carbocycles. The molecule has 1 amide bonds. The maximum atomic E-state index is 13.2.